The first-order valence-corrected chi connectivity index (χ1v) is 12.2. The number of allylic oxidation sites excluding steroid dienone is 3. The van der Waals surface area contributed by atoms with E-state index in [1.54, 1.807) is 12.3 Å². The van der Waals surface area contributed by atoms with E-state index < -0.39 is 29.1 Å². The molecule has 0 spiro atoms. The lowest BCUT2D eigenvalue weighted by Crippen LogP contribution is -2.52. The third kappa shape index (κ3) is 5.68. The van der Waals surface area contributed by atoms with E-state index in [-0.39, 0.29) is 18.0 Å². The predicted octanol–water partition coefficient (Wildman–Crippen LogP) is 6.80. The van der Waals surface area contributed by atoms with Crippen molar-refractivity contribution < 1.29 is 22.4 Å². The van der Waals surface area contributed by atoms with Gasteiger partial charge in [0.1, 0.15) is 11.4 Å². The minimum atomic E-state index is -4.75. The van der Waals surface area contributed by atoms with Crippen molar-refractivity contribution in [3.63, 3.8) is 0 Å². The second kappa shape index (κ2) is 10.4. The second-order valence-corrected chi connectivity index (χ2v) is 9.69. The molecule has 0 radical (unpaired) electrons. The van der Waals surface area contributed by atoms with E-state index in [0.29, 0.717) is 23.6 Å². The van der Waals surface area contributed by atoms with Crippen LogP contribution in [0.4, 0.5) is 22.4 Å². The van der Waals surface area contributed by atoms with Crippen molar-refractivity contribution in [1.29, 1.82) is 0 Å². The van der Waals surface area contributed by atoms with Crippen LogP contribution in [0.2, 0.25) is 0 Å². The van der Waals surface area contributed by atoms with Gasteiger partial charge in [0, 0.05) is 12.3 Å². The van der Waals surface area contributed by atoms with Crippen LogP contribution in [0.25, 0.3) is 0 Å². The van der Waals surface area contributed by atoms with Crippen molar-refractivity contribution in [3.8, 4) is 0 Å². The maximum absolute atomic E-state index is 14.6. The highest BCUT2D eigenvalue weighted by Gasteiger charge is 2.41. The van der Waals surface area contributed by atoms with Gasteiger partial charge in [0.2, 0.25) is 0 Å². The quantitative estimate of drug-likeness (QED) is 0.335. The van der Waals surface area contributed by atoms with Crippen LogP contribution in [0.3, 0.4) is 0 Å². The zero-order valence-corrected chi connectivity index (χ0v) is 19.6. The SMILES string of the molecule is C=CC[C@@](NC(=O)NC1CCCC1)(/C1=C/C=C/C2CCC2CC=N1)c1cc(F)cc(C(F)(F)F)c1. The van der Waals surface area contributed by atoms with E-state index in [1.807, 2.05) is 6.08 Å². The number of alkyl halides is 3. The molecule has 2 unspecified atom stereocenters. The number of rotatable bonds is 6. The summed E-state index contributed by atoms with van der Waals surface area (Å²) in [6.45, 7) is 3.78. The molecular weight excluding hydrogens is 458 g/mol. The van der Waals surface area contributed by atoms with E-state index in [0.717, 1.165) is 57.1 Å². The third-order valence-corrected chi connectivity index (χ3v) is 7.35. The number of aliphatic imine (C=N–C) groups is 1. The minimum absolute atomic E-state index is 0.0109. The van der Waals surface area contributed by atoms with Gasteiger partial charge in [-0.1, -0.05) is 31.1 Å². The third-order valence-electron chi connectivity index (χ3n) is 7.35. The molecule has 2 saturated carbocycles. The van der Waals surface area contributed by atoms with Crippen molar-refractivity contribution in [3.05, 3.63) is 71.7 Å². The number of fused-ring (bicyclic) bond motifs is 1. The topological polar surface area (TPSA) is 53.5 Å². The number of carbonyl (C=O) groups is 1. The average molecular weight is 490 g/mol. The van der Waals surface area contributed by atoms with Crippen molar-refractivity contribution in [2.75, 3.05) is 0 Å². The first-order chi connectivity index (χ1) is 16.7. The molecule has 1 aromatic carbocycles. The second-order valence-electron chi connectivity index (χ2n) is 9.69. The number of amides is 2. The largest absolute Gasteiger partial charge is 0.416 e. The predicted molar refractivity (Wildman–Crippen MR) is 128 cm³/mol. The monoisotopic (exact) mass is 489 g/mol. The Morgan fingerprint density at radius 3 is 2.51 bits per heavy atom. The summed E-state index contributed by atoms with van der Waals surface area (Å²) in [5, 5.41) is 5.81. The molecule has 8 heteroatoms. The maximum Gasteiger partial charge on any atom is 0.416 e. The van der Waals surface area contributed by atoms with Gasteiger partial charge in [-0.3, -0.25) is 4.99 Å². The standard InChI is InChI=1S/C27H31F4N3O/c1-2-13-26(34-25(35)33-23-7-3-4-8-23,20-15-21(27(29,30)31)17-22(28)16-20)24-9-5-6-18-10-11-19(18)12-14-32-24/h2,5-6,9,14-19,23H,1,3-4,7-8,10-13H2,(H2,33,34,35)/b6-5+,24-9-,32-14?/t18?,19?,26-/m0/s1. The van der Waals surface area contributed by atoms with Crippen LogP contribution in [0, 0.1) is 17.7 Å². The Balaban J connectivity index is 1.81. The van der Waals surface area contributed by atoms with Crippen LogP contribution in [-0.2, 0) is 11.7 Å². The van der Waals surface area contributed by atoms with Gasteiger partial charge < -0.3 is 10.6 Å². The number of nitrogens with zero attached hydrogens (tertiary/aromatic N) is 1. The van der Waals surface area contributed by atoms with Gasteiger partial charge in [-0.15, -0.1) is 6.58 Å². The molecule has 2 N–H and O–H groups in total. The fourth-order valence-corrected chi connectivity index (χ4v) is 5.27. The molecule has 2 aliphatic carbocycles. The van der Waals surface area contributed by atoms with E-state index in [2.05, 4.69) is 28.3 Å². The maximum atomic E-state index is 14.6. The molecule has 0 bridgehead atoms. The Bertz CT molecular complexity index is 1040. The fourth-order valence-electron chi connectivity index (χ4n) is 5.27. The number of benzene rings is 1. The molecule has 2 amide bonds. The van der Waals surface area contributed by atoms with Crippen LogP contribution in [-0.4, -0.2) is 18.3 Å². The zero-order valence-electron chi connectivity index (χ0n) is 19.6. The molecular formula is C27H31F4N3O. The molecule has 3 atom stereocenters. The number of nitrogens with one attached hydrogen (secondary N) is 2. The van der Waals surface area contributed by atoms with Crippen molar-refractivity contribution in [1.82, 2.24) is 10.6 Å². The highest BCUT2D eigenvalue weighted by atomic mass is 19.4. The van der Waals surface area contributed by atoms with Gasteiger partial charge in [0.25, 0.3) is 0 Å². The summed E-state index contributed by atoms with van der Waals surface area (Å²) >= 11 is 0. The zero-order chi connectivity index (χ0) is 25.1. The number of carbonyl (C=O) groups excluding carboxylic acids is 1. The Labute approximate surface area is 203 Å². The Hall–Kier alpha value is -2.90. The van der Waals surface area contributed by atoms with Gasteiger partial charge in [0.15, 0.2) is 0 Å². The number of halogens is 4. The van der Waals surface area contributed by atoms with E-state index in [9.17, 15) is 22.4 Å². The van der Waals surface area contributed by atoms with E-state index >= 15 is 0 Å². The number of urea groups is 1. The van der Waals surface area contributed by atoms with E-state index in [4.69, 9.17) is 0 Å². The van der Waals surface area contributed by atoms with Crippen molar-refractivity contribution >= 4 is 12.2 Å². The summed E-state index contributed by atoms with van der Waals surface area (Å²) in [6, 6.07) is 1.84. The molecule has 1 aliphatic heterocycles. The molecule has 0 saturated heterocycles. The fraction of sp³-hybridized carbons (Fsp3) is 0.481. The van der Waals surface area contributed by atoms with E-state index in [1.165, 1.54) is 6.08 Å². The smallest absolute Gasteiger partial charge is 0.335 e. The van der Waals surface area contributed by atoms with Crippen molar-refractivity contribution in [2.24, 2.45) is 16.8 Å². The first-order valence-electron chi connectivity index (χ1n) is 12.2. The highest BCUT2D eigenvalue weighted by Crippen LogP contribution is 2.41. The summed E-state index contributed by atoms with van der Waals surface area (Å²) in [6.07, 6.45) is 10.7. The van der Waals surface area contributed by atoms with Gasteiger partial charge in [0.05, 0.1) is 11.3 Å². The van der Waals surface area contributed by atoms with Gasteiger partial charge in [-0.2, -0.15) is 13.2 Å². The van der Waals surface area contributed by atoms with Crippen LogP contribution in [0.1, 0.15) is 62.5 Å². The van der Waals surface area contributed by atoms with Crippen LogP contribution >= 0.6 is 0 Å². The Morgan fingerprint density at radius 2 is 1.86 bits per heavy atom. The summed E-state index contributed by atoms with van der Waals surface area (Å²) in [7, 11) is 0. The molecule has 1 heterocycles. The van der Waals surface area contributed by atoms with Gasteiger partial charge >= 0.3 is 12.2 Å². The molecule has 4 rings (SSSR count). The van der Waals surface area contributed by atoms with Crippen LogP contribution < -0.4 is 10.6 Å². The number of hydrogen-bond acceptors (Lipinski definition) is 2. The van der Waals surface area contributed by atoms with Gasteiger partial charge in [-0.25, -0.2) is 9.18 Å². The lowest BCUT2D eigenvalue weighted by atomic mass is 9.72. The molecule has 4 nitrogen and oxygen atoms in total. The average Bonchev–Trinajstić information content (AvgIpc) is 3.29. The molecule has 3 aliphatic rings. The molecule has 35 heavy (non-hydrogen) atoms. The summed E-state index contributed by atoms with van der Waals surface area (Å²) < 4.78 is 55.4. The molecule has 1 aromatic rings. The summed E-state index contributed by atoms with van der Waals surface area (Å²) in [5.74, 6) is -0.140. The summed E-state index contributed by atoms with van der Waals surface area (Å²) in [5.41, 5.74) is -2.38. The lowest BCUT2D eigenvalue weighted by molar-refractivity contribution is -0.137. The minimum Gasteiger partial charge on any atom is -0.335 e. The van der Waals surface area contributed by atoms with Gasteiger partial charge in [-0.05, 0) is 80.2 Å². The first kappa shape index (κ1) is 25.2. The van der Waals surface area contributed by atoms with Crippen LogP contribution in [0.15, 0.2) is 59.8 Å². The molecule has 2 fully saturated rings. The number of hydrogen-bond donors (Lipinski definition) is 2. The van der Waals surface area contributed by atoms with Crippen LogP contribution in [0.5, 0.6) is 0 Å². The Morgan fingerprint density at radius 1 is 1.11 bits per heavy atom. The molecule has 0 aromatic heterocycles. The molecule has 188 valence electrons. The highest BCUT2D eigenvalue weighted by molar-refractivity contribution is 5.77. The van der Waals surface area contributed by atoms with Crippen molar-refractivity contribution in [2.45, 2.75) is 69.1 Å². The Kier molecular flexibility index (Phi) is 7.47. The normalized spacial score (nSPS) is 26.6. The summed E-state index contributed by atoms with van der Waals surface area (Å²) in [4.78, 5) is 17.8. The lowest BCUT2D eigenvalue weighted by Gasteiger charge is -2.36.